The van der Waals surface area contributed by atoms with Crippen LogP contribution in [-0.2, 0) is 6.42 Å². The Morgan fingerprint density at radius 2 is 1.43 bits per heavy atom. The molecule has 0 aliphatic carbocycles. The highest BCUT2D eigenvalue weighted by atomic mass is 16.5. The molecule has 3 amide bonds. The van der Waals surface area contributed by atoms with E-state index in [0.29, 0.717) is 18.5 Å². The molecule has 0 radical (unpaired) electrons. The molecular weight excluding hydrogens is 380 g/mol. The molecule has 0 unspecified atom stereocenters. The quantitative estimate of drug-likeness (QED) is 0.623. The van der Waals surface area contributed by atoms with Gasteiger partial charge in [0.25, 0.3) is 5.91 Å². The summed E-state index contributed by atoms with van der Waals surface area (Å²) in [5, 5.41) is 5.07. The van der Waals surface area contributed by atoms with Gasteiger partial charge in [0, 0.05) is 12.1 Å². The molecule has 0 bridgehead atoms. The van der Waals surface area contributed by atoms with Gasteiger partial charge in [0.2, 0.25) is 0 Å². The summed E-state index contributed by atoms with van der Waals surface area (Å²) >= 11 is 0. The van der Waals surface area contributed by atoms with Crippen molar-refractivity contribution in [2.75, 3.05) is 20.8 Å². The Morgan fingerprint density at radius 1 is 0.800 bits per heavy atom. The van der Waals surface area contributed by atoms with Gasteiger partial charge in [-0.25, -0.2) is 4.79 Å². The Labute approximate surface area is 175 Å². The molecule has 0 fully saturated rings. The number of urea groups is 1. The van der Waals surface area contributed by atoms with Crippen LogP contribution < -0.4 is 20.1 Å². The summed E-state index contributed by atoms with van der Waals surface area (Å²) in [6, 6.07) is 21.8. The van der Waals surface area contributed by atoms with E-state index in [-0.39, 0.29) is 0 Å². The van der Waals surface area contributed by atoms with Gasteiger partial charge in [-0.3, -0.25) is 10.1 Å². The first-order chi connectivity index (χ1) is 14.6. The van der Waals surface area contributed by atoms with Crippen molar-refractivity contribution in [2.24, 2.45) is 0 Å². The zero-order valence-electron chi connectivity index (χ0n) is 17.0. The van der Waals surface area contributed by atoms with Crippen LogP contribution in [0.4, 0.5) is 4.79 Å². The largest absolute Gasteiger partial charge is 0.497 e. The van der Waals surface area contributed by atoms with E-state index in [1.807, 2.05) is 54.6 Å². The lowest BCUT2D eigenvalue weighted by molar-refractivity contribution is 0.0964. The van der Waals surface area contributed by atoms with Gasteiger partial charge in [-0.2, -0.15) is 0 Å². The molecule has 0 aromatic heterocycles. The maximum absolute atomic E-state index is 12.4. The summed E-state index contributed by atoms with van der Waals surface area (Å²) in [4.78, 5) is 24.5. The Morgan fingerprint density at radius 3 is 2.07 bits per heavy atom. The molecule has 6 heteroatoms. The van der Waals surface area contributed by atoms with Crippen LogP contribution in [0.15, 0.2) is 72.8 Å². The summed E-state index contributed by atoms with van der Waals surface area (Å²) in [6.45, 7) is 0.414. The highest BCUT2D eigenvalue weighted by Crippen LogP contribution is 2.23. The van der Waals surface area contributed by atoms with Gasteiger partial charge in [0.1, 0.15) is 11.5 Å². The molecule has 0 heterocycles. The summed E-state index contributed by atoms with van der Waals surface area (Å²) in [7, 11) is 3.23. The average molecular weight is 404 g/mol. The third-order valence-electron chi connectivity index (χ3n) is 4.63. The molecule has 0 aliphatic rings. The van der Waals surface area contributed by atoms with Crippen LogP contribution in [0, 0.1) is 0 Å². The summed E-state index contributed by atoms with van der Waals surface area (Å²) in [5.74, 6) is 1.10. The number of nitrogens with one attached hydrogen (secondary N) is 2. The zero-order chi connectivity index (χ0) is 21.3. The molecule has 154 valence electrons. The first-order valence-corrected chi connectivity index (χ1v) is 9.55. The fourth-order valence-corrected chi connectivity index (χ4v) is 2.96. The van der Waals surface area contributed by atoms with Gasteiger partial charge in [-0.1, -0.05) is 36.4 Å². The second-order valence-corrected chi connectivity index (χ2v) is 6.62. The maximum atomic E-state index is 12.4. The van der Waals surface area contributed by atoms with Gasteiger partial charge >= 0.3 is 6.03 Å². The van der Waals surface area contributed by atoms with Crippen molar-refractivity contribution in [1.82, 2.24) is 10.6 Å². The number of carbonyl (C=O) groups is 2. The standard InChI is InChI=1S/C24H24N2O4/c1-29-21-10-6-17(7-11-21)14-15-25-24(28)26-23(27)20-5-3-4-19(16-20)18-8-12-22(30-2)13-9-18/h3-13,16H,14-15H2,1-2H3,(H2,25,26,27,28). The number of hydrogen-bond donors (Lipinski definition) is 2. The smallest absolute Gasteiger partial charge is 0.321 e. The summed E-state index contributed by atoms with van der Waals surface area (Å²) in [5.41, 5.74) is 3.31. The van der Waals surface area contributed by atoms with E-state index < -0.39 is 11.9 Å². The first-order valence-electron chi connectivity index (χ1n) is 9.55. The van der Waals surface area contributed by atoms with Crippen LogP contribution in [-0.4, -0.2) is 32.7 Å². The van der Waals surface area contributed by atoms with E-state index in [1.165, 1.54) is 0 Å². The second-order valence-electron chi connectivity index (χ2n) is 6.62. The van der Waals surface area contributed by atoms with Crippen molar-refractivity contribution in [1.29, 1.82) is 0 Å². The highest BCUT2D eigenvalue weighted by Gasteiger charge is 2.11. The van der Waals surface area contributed by atoms with Gasteiger partial charge in [0.05, 0.1) is 14.2 Å². The Bertz CT molecular complexity index is 998. The van der Waals surface area contributed by atoms with Gasteiger partial charge in [-0.15, -0.1) is 0 Å². The van der Waals surface area contributed by atoms with E-state index >= 15 is 0 Å². The lowest BCUT2D eigenvalue weighted by atomic mass is 10.0. The fourth-order valence-electron chi connectivity index (χ4n) is 2.96. The lowest BCUT2D eigenvalue weighted by Gasteiger charge is -2.09. The average Bonchev–Trinajstić information content (AvgIpc) is 2.79. The molecule has 0 saturated heterocycles. The number of amides is 3. The third kappa shape index (κ3) is 5.61. The predicted octanol–water partition coefficient (Wildman–Crippen LogP) is 4.05. The van der Waals surface area contributed by atoms with Crippen molar-refractivity contribution >= 4 is 11.9 Å². The van der Waals surface area contributed by atoms with E-state index in [0.717, 1.165) is 28.2 Å². The van der Waals surface area contributed by atoms with Crippen molar-refractivity contribution in [3.05, 3.63) is 83.9 Å². The number of carbonyl (C=O) groups excluding carboxylic acids is 2. The van der Waals surface area contributed by atoms with Crippen molar-refractivity contribution in [2.45, 2.75) is 6.42 Å². The highest BCUT2D eigenvalue weighted by molar-refractivity contribution is 6.04. The monoisotopic (exact) mass is 404 g/mol. The minimum absolute atomic E-state index is 0.411. The zero-order valence-corrected chi connectivity index (χ0v) is 17.0. The van der Waals surface area contributed by atoms with Crippen LogP contribution in [0.1, 0.15) is 15.9 Å². The first kappa shape index (κ1) is 20.9. The third-order valence-corrected chi connectivity index (χ3v) is 4.63. The van der Waals surface area contributed by atoms with Gasteiger partial charge in [-0.05, 0) is 59.5 Å². The molecule has 0 aliphatic heterocycles. The second kappa shape index (κ2) is 10.1. The summed E-state index contributed by atoms with van der Waals surface area (Å²) < 4.78 is 10.3. The molecule has 0 spiro atoms. The van der Waals surface area contributed by atoms with E-state index in [4.69, 9.17) is 9.47 Å². The Kier molecular flexibility index (Phi) is 7.05. The van der Waals surface area contributed by atoms with E-state index in [1.54, 1.807) is 32.4 Å². The van der Waals surface area contributed by atoms with Crippen molar-refractivity contribution in [3.63, 3.8) is 0 Å². The Balaban J connectivity index is 1.53. The minimum Gasteiger partial charge on any atom is -0.497 e. The van der Waals surface area contributed by atoms with Gasteiger partial charge in [0.15, 0.2) is 0 Å². The number of imide groups is 1. The number of methoxy groups -OCH3 is 2. The number of hydrogen-bond acceptors (Lipinski definition) is 4. The van der Waals surface area contributed by atoms with Crippen LogP contribution in [0.2, 0.25) is 0 Å². The van der Waals surface area contributed by atoms with Crippen LogP contribution in [0.3, 0.4) is 0 Å². The molecule has 0 saturated carbocycles. The topological polar surface area (TPSA) is 76.7 Å². The van der Waals surface area contributed by atoms with Crippen molar-refractivity contribution < 1.29 is 19.1 Å². The van der Waals surface area contributed by atoms with Crippen LogP contribution >= 0.6 is 0 Å². The molecule has 3 aromatic rings. The molecule has 3 rings (SSSR count). The molecule has 2 N–H and O–H groups in total. The van der Waals surface area contributed by atoms with E-state index in [9.17, 15) is 9.59 Å². The number of ether oxygens (including phenoxy) is 2. The fraction of sp³-hybridized carbons (Fsp3) is 0.167. The molecule has 0 atom stereocenters. The Hall–Kier alpha value is -3.80. The normalized spacial score (nSPS) is 10.2. The van der Waals surface area contributed by atoms with Crippen LogP contribution in [0.25, 0.3) is 11.1 Å². The van der Waals surface area contributed by atoms with Crippen LogP contribution in [0.5, 0.6) is 11.5 Å². The lowest BCUT2D eigenvalue weighted by Crippen LogP contribution is -2.40. The SMILES string of the molecule is COc1ccc(CCNC(=O)NC(=O)c2cccc(-c3ccc(OC)cc3)c2)cc1. The minimum atomic E-state index is -0.525. The van der Waals surface area contributed by atoms with Crippen molar-refractivity contribution in [3.8, 4) is 22.6 Å². The predicted molar refractivity (Wildman–Crippen MR) is 116 cm³/mol. The van der Waals surface area contributed by atoms with E-state index in [2.05, 4.69) is 10.6 Å². The maximum Gasteiger partial charge on any atom is 0.321 e. The molecule has 3 aromatic carbocycles. The molecule has 30 heavy (non-hydrogen) atoms. The number of rotatable bonds is 7. The number of benzene rings is 3. The molecule has 6 nitrogen and oxygen atoms in total. The van der Waals surface area contributed by atoms with Gasteiger partial charge < -0.3 is 14.8 Å². The molecular formula is C24H24N2O4. The summed E-state index contributed by atoms with van der Waals surface area (Å²) in [6.07, 6.45) is 0.651.